The molecular weight excluding hydrogens is 747 g/mol. The van der Waals surface area contributed by atoms with Crippen LogP contribution in [0.1, 0.15) is 22.3 Å². The summed E-state index contributed by atoms with van der Waals surface area (Å²) in [6.45, 7) is 9.53. The Labute approximate surface area is 333 Å². The minimum atomic E-state index is -0.187. The molecule has 56 heavy (non-hydrogen) atoms. The Morgan fingerprint density at radius 3 is 1.46 bits per heavy atom. The maximum Gasteiger partial charge on any atom is 0.205 e. The number of rotatable bonds is 10. The van der Waals surface area contributed by atoms with Crippen molar-refractivity contribution in [2.75, 3.05) is 75.2 Å². The summed E-state index contributed by atoms with van der Waals surface area (Å²) in [5, 5.41) is 19.8. The Balaban J connectivity index is 0.000000172. The molecule has 0 atom stereocenters. The highest BCUT2D eigenvalue weighted by Gasteiger charge is 2.22. The number of hydrogen-bond acceptors (Lipinski definition) is 12. The molecule has 284 valence electrons. The molecule has 2 fully saturated rings. The molecule has 0 saturated carbocycles. The van der Waals surface area contributed by atoms with Gasteiger partial charge < -0.3 is 9.80 Å². The van der Waals surface area contributed by atoms with Crippen LogP contribution in [0.3, 0.4) is 0 Å². The summed E-state index contributed by atoms with van der Waals surface area (Å²) in [4.78, 5) is 18.8. The topological polar surface area (TPSA) is 112 Å². The van der Waals surface area contributed by atoms with Crippen molar-refractivity contribution in [1.82, 2.24) is 28.5 Å². The van der Waals surface area contributed by atoms with E-state index in [4.69, 9.17) is 10.5 Å². The van der Waals surface area contributed by atoms with Gasteiger partial charge in [-0.05, 0) is 84.6 Å². The quantitative estimate of drug-likeness (QED) is 0.142. The zero-order chi connectivity index (χ0) is 38.7. The first kappa shape index (κ1) is 38.6. The van der Waals surface area contributed by atoms with Crippen molar-refractivity contribution in [3.63, 3.8) is 0 Å². The number of halogens is 2. The SMILES string of the molecule is N#Cc1ccc(-c2nsc(N3CCN(CCc4ccc(F)cc4)CC3)n2)cc1.N#Cc1cccc(-c2nsc(N3CCN(CCc4ccc(F)cc4)CC3)n2)c1. The van der Waals surface area contributed by atoms with Gasteiger partial charge in [0.1, 0.15) is 11.6 Å². The van der Waals surface area contributed by atoms with Crippen LogP contribution >= 0.6 is 23.1 Å². The highest BCUT2D eigenvalue weighted by Crippen LogP contribution is 2.27. The van der Waals surface area contributed by atoms with Crippen molar-refractivity contribution in [3.8, 4) is 34.9 Å². The lowest BCUT2D eigenvalue weighted by Gasteiger charge is -2.34. The van der Waals surface area contributed by atoms with Gasteiger partial charge in [0, 0.05) is 99.6 Å². The molecule has 14 heteroatoms. The zero-order valence-electron chi connectivity index (χ0n) is 30.8. The summed E-state index contributed by atoms with van der Waals surface area (Å²) in [7, 11) is 0. The third kappa shape index (κ3) is 10.4. The van der Waals surface area contributed by atoms with E-state index in [0.29, 0.717) is 22.8 Å². The van der Waals surface area contributed by atoms with E-state index >= 15 is 0 Å². The van der Waals surface area contributed by atoms with Gasteiger partial charge in [-0.2, -0.15) is 29.2 Å². The second kappa shape index (κ2) is 18.8. The van der Waals surface area contributed by atoms with Crippen molar-refractivity contribution >= 4 is 33.3 Å². The highest BCUT2D eigenvalue weighted by molar-refractivity contribution is 7.10. The predicted octanol–water partition coefficient (Wildman–Crippen LogP) is 7.16. The van der Waals surface area contributed by atoms with Gasteiger partial charge in [0.05, 0.1) is 23.3 Å². The molecule has 2 aliphatic heterocycles. The van der Waals surface area contributed by atoms with Gasteiger partial charge in [0.15, 0.2) is 11.6 Å². The average Bonchev–Trinajstić information content (AvgIpc) is 3.96. The molecule has 0 amide bonds. The third-order valence-corrected chi connectivity index (χ3v) is 11.5. The largest absolute Gasteiger partial charge is 0.344 e. The van der Waals surface area contributed by atoms with Crippen molar-refractivity contribution in [1.29, 1.82) is 10.5 Å². The predicted molar refractivity (Wildman–Crippen MR) is 218 cm³/mol. The monoisotopic (exact) mass is 786 g/mol. The maximum absolute atomic E-state index is 13.0. The lowest BCUT2D eigenvalue weighted by Crippen LogP contribution is -2.47. The van der Waals surface area contributed by atoms with Crippen LogP contribution in [0.15, 0.2) is 97.1 Å². The van der Waals surface area contributed by atoms with E-state index in [1.54, 1.807) is 18.2 Å². The lowest BCUT2D eigenvalue weighted by atomic mass is 10.1. The standard InChI is InChI=1S/2C21H20FN5S/c22-19-7-3-16(4-8-19)9-10-26-11-13-27(14-12-26)21-24-20(25-28-21)18-5-1-17(15-23)2-6-18;22-19-6-4-16(5-7-19)8-9-26-10-12-27(13-11-26)21-24-20(25-28-21)18-3-1-2-17(14-18)15-23/h1-8H,9-14H2;1-7,14H,8-13H2. The number of anilines is 2. The number of aromatic nitrogens is 4. The van der Waals surface area contributed by atoms with E-state index in [1.807, 2.05) is 54.6 Å². The summed E-state index contributed by atoms with van der Waals surface area (Å²) in [5.74, 6) is 1.02. The summed E-state index contributed by atoms with van der Waals surface area (Å²) in [6, 6.07) is 32.5. The molecule has 0 aliphatic carbocycles. The Morgan fingerprint density at radius 2 is 1.00 bits per heavy atom. The zero-order valence-corrected chi connectivity index (χ0v) is 32.4. The van der Waals surface area contributed by atoms with Gasteiger partial charge in [-0.3, -0.25) is 9.80 Å². The van der Waals surface area contributed by atoms with E-state index in [9.17, 15) is 8.78 Å². The molecule has 0 N–H and O–H groups in total. The molecule has 4 heterocycles. The van der Waals surface area contributed by atoms with Crippen LogP contribution < -0.4 is 9.80 Å². The normalized spacial score (nSPS) is 14.8. The minimum absolute atomic E-state index is 0.185. The molecule has 2 aliphatic rings. The van der Waals surface area contributed by atoms with Gasteiger partial charge in [0.2, 0.25) is 10.3 Å². The number of nitriles is 2. The Bertz CT molecular complexity index is 2250. The molecule has 4 aromatic carbocycles. The molecular formula is C42H40F2N10S2. The summed E-state index contributed by atoms with van der Waals surface area (Å²) in [6.07, 6.45) is 1.86. The first-order chi connectivity index (χ1) is 27.4. The number of piperazine rings is 2. The first-order valence-corrected chi connectivity index (χ1v) is 20.1. The van der Waals surface area contributed by atoms with Gasteiger partial charge in [-0.25, -0.2) is 8.78 Å². The van der Waals surface area contributed by atoms with E-state index in [-0.39, 0.29) is 11.6 Å². The summed E-state index contributed by atoms with van der Waals surface area (Å²) in [5.41, 5.74) is 5.38. The number of nitrogens with zero attached hydrogens (tertiary/aromatic N) is 10. The molecule has 8 rings (SSSR count). The van der Waals surface area contributed by atoms with Gasteiger partial charge >= 0.3 is 0 Å². The van der Waals surface area contributed by atoms with Crippen LogP contribution in [-0.2, 0) is 12.8 Å². The lowest BCUT2D eigenvalue weighted by molar-refractivity contribution is 0.261. The minimum Gasteiger partial charge on any atom is -0.344 e. The average molecular weight is 787 g/mol. The summed E-state index contributed by atoms with van der Waals surface area (Å²) < 4.78 is 34.9. The Morgan fingerprint density at radius 1 is 0.536 bits per heavy atom. The van der Waals surface area contributed by atoms with E-state index in [0.717, 1.165) is 105 Å². The fraction of sp³-hybridized carbons (Fsp3) is 0.286. The van der Waals surface area contributed by atoms with E-state index < -0.39 is 0 Å². The van der Waals surface area contributed by atoms with Crippen molar-refractivity contribution in [3.05, 3.63) is 131 Å². The van der Waals surface area contributed by atoms with Crippen LogP contribution in [0.2, 0.25) is 0 Å². The molecule has 10 nitrogen and oxygen atoms in total. The van der Waals surface area contributed by atoms with Crippen molar-refractivity contribution in [2.24, 2.45) is 0 Å². The number of benzene rings is 4. The third-order valence-electron chi connectivity index (χ3n) is 9.90. The van der Waals surface area contributed by atoms with Crippen LogP contribution in [-0.4, -0.2) is 94.0 Å². The molecule has 6 aromatic rings. The summed E-state index contributed by atoms with van der Waals surface area (Å²) >= 11 is 2.82. The van der Waals surface area contributed by atoms with E-state index in [1.165, 1.54) is 52.9 Å². The Kier molecular flexibility index (Phi) is 13.0. The number of hydrogen-bond donors (Lipinski definition) is 0. The van der Waals surface area contributed by atoms with Gasteiger partial charge in [0.25, 0.3) is 0 Å². The molecule has 2 aromatic heterocycles. The fourth-order valence-electron chi connectivity index (χ4n) is 6.55. The molecule has 2 saturated heterocycles. The molecule has 0 unspecified atom stereocenters. The fourth-order valence-corrected chi connectivity index (χ4v) is 8.03. The first-order valence-electron chi connectivity index (χ1n) is 18.5. The highest BCUT2D eigenvalue weighted by atomic mass is 32.1. The molecule has 0 radical (unpaired) electrons. The van der Waals surface area contributed by atoms with Crippen LogP contribution in [0.5, 0.6) is 0 Å². The van der Waals surface area contributed by atoms with Gasteiger partial charge in [-0.1, -0.05) is 36.4 Å². The molecule has 0 bridgehead atoms. The molecule has 0 spiro atoms. The smallest absolute Gasteiger partial charge is 0.205 e. The van der Waals surface area contributed by atoms with Crippen LogP contribution in [0, 0.1) is 34.3 Å². The van der Waals surface area contributed by atoms with E-state index in [2.05, 4.69) is 50.5 Å². The van der Waals surface area contributed by atoms with Crippen LogP contribution in [0.25, 0.3) is 22.8 Å². The van der Waals surface area contributed by atoms with Crippen molar-refractivity contribution < 1.29 is 8.78 Å². The van der Waals surface area contributed by atoms with Crippen molar-refractivity contribution in [2.45, 2.75) is 12.8 Å². The Hall–Kier alpha value is -5.64. The second-order valence-electron chi connectivity index (χ2n) is 13.6. The van der Waals surface area contributed by atoms with Gasteiger partial charge in [-0.15, -0.1) is 0 Å². The second-order valence-corrected chi connectivity index (χ2v) is 15.1. The van der Waals surface area contributed by atoms with Crippen LogP contribution in [0.4, 0.5) is 19.0 Å². The maximum atomic E-state index is 13.0.